The van der Waals surface area contributed by atoms with Crippen molar-refractivity contribution in [3.63, 3.8) is 0 Å². The summed E-state index contributed by atoms with van der Waals surface area (Å²) in [7, 11) is 1.61. The Balaban J connectivity index is 1.68. The Kier molecular flexibility index (Phi) is 5.09. The van der Waals surface area contributed by atoms with Crippen LogP contribution in [0.2, 0.25) is 0 Å². The average Bonchev–Trinajstić information content (AvgIpc) is 2.63. The molecular formula is C21H20N2O2. The highest BCUT2D eigenvalue weighted by atomic mass is 16.5. The fourth-order valence-corrected chi connectivity index (χ4v) is 2.70. The van der Waals surface area contributed by atoms with Gasteiger partial charge in [0.25, 0.3) is 0 Å². The van der Waals surface area contributed by atoms with Gasteiger partial charge in [0, 0.05) is 23.1 Å². The molecule has 1 heterocycles. The first-order valence-electron chi connectivity index (χ1n) is 8.10. The third kappa shape index (κ3) is 4.23. The number of pyridine rings is 1. The lowest BCUT2D eigenvalue weighted by Crippen LogP contribution is -2.14. The molecule has 3 rings (SSSR count). The smallest absolute Gasteiger partial charge is 0.228 e. The number of aromatic nitrogens is 1. The number of hydrogen-bond donors (Lipinski definition) is 1. The zero-order valence-electron chi connectivity index (χ0n) is 14.3. The Morgan fingerprint density at radius 1 is 1.04 bits per heavy atom. The van der Waals surface area contributed by atoms with Gasteiger partial charge in [-0.05, 0) is 48.4 Å². The Morgan fingerprint density at radius 2 is 1.80 bits per heavy atom. The SMILES string of the molecule is COc1ccccc1CC(=O)Nc1ccc(-c2ccnc(C)c2)cc1. The van der Waals surface area contributed by atoms with Gasteiger partial charge < -0.3 is 10.1 Å². The molecule has 1 amide bonds. The van der Waals surface area contributed by atoms with Crippen LogP contribution < -0.4 is 10.1 Å². The number of benzene rings is 2. The summed E-state index contributed by atoms with van der Waals surface area (Å²) in [5, 5.41) is 2.92. The van der Waals surface area contributed by atoms with E-state index >= 15 is 0 Å². The number of nitrogens with one attached hydrogen (secondary N) is 1. The Labute approximate surface area is 147 Å². The van der Waals surface area contributed by atoms with Gasteiger partial charge in [0.05, 0.1) is 13.5 Å². The fourth-order valence-electron chi connectivity index (χ4n) is 2.70. The summed E-state index contributed by atoms with van der Waals surface area (Å²) in [6.45, 7) is 1.97. The molecule has 0 spiro atoms. The number of nitrogens with zero attached hydrogens (tertiary/aromatic N) is 1. The van der Waals surface area contributed by atoms with Crippen molar-refractivity contribution in [1.82, 2.24) is 4.98 Å². The van der Waals surface area contributed by atoms with Crippen molar-refractivity contribution in [3.8, 4) is 16.9 Å². The van der Waals surface area contributed by atoms with Gasteiger partial charge in [-0.2, -0.15) is 0 Å². The van der Waals surface area contributed by atoms with E-state index in [1.165, 1.54) is 0 Å². The first kappa shape index (κ1) is 16.7. The Morgan fingerprint density at radius 3 is 2.52 bits per heavy atom. The van der Waals surface area contributed by atoms with Gasteiger partial charge in [-0.15, -0.1) is 0 Å². The van der Waals surface area contributed by atoms with Crippen molar-refractivity contribution in [3.05, 3.63) is 78.1 Å². The maximum Gasteiger partial charge on any atom is 0.228 e. The number of amides is 1. The molecule has 0 bridgehead atoms. The van der Waals surface area contributed by atoms with Gasteiger partial charge in [-0.1, -0.05) is 30.3 Å². The molecule has 1 aromatic heterocycles. The minimum atomic E-state index is -0.0722. The maximum absolute atomic E-state index is 12.3. The number of para-hydroxylation sites is 1. The summed E-state index contributed by atoms with van der Waals surface area (Å²) in [6.07, 6.45) is 2.07. The van der Waals surface area contributed by atoms with Gasteiger partial charge in [-0.3, -0.25) is 9.78 Å². The van der Waals surface area contributed by atoms with E-state index in [2.05, 4.69) is 10.3 Å². The van der Waals surface area contributed by atoms with Crippen LogP contribution in [0.4, 0.5) is 5.69 Å². The van der Waals surface area contributed by atoms with E-state index in [4.69, 9.17) is 4.74 Å². The zero-order chi connectivity index (χ0) is 17.6. The summed E-state index contributed by atoms with van der Waals surface area (Å²) >= 11 is 0. The summed E-state index contributed by atoms with van der Waals surface area (Å²) in [4.78, 5) is 16.5. The number of ether oxygens (including phenoxy) is 1. The lowest BCUT2D eigenvalue weighted by Gasteiger charge is -2.09. The van der Waals surface area contributed by atoms with Crippen LogP contribution in [0.5, 0.6) is 5.75 Å². The normalized spacial score (nSPS) is 10.3. The van der Waals surface area contributed by atoms with Crippen molar-refractivity contribution >= 4 is 11.6 Å². The zero-order valence-corrected chi connectivity index (χ0v) is 14.3. The van der Waals surface area contributed by atoms with Crippen LogP contribution in [0.3, 0.4) is 0 Å². The lowest BCUT2D eigenvalue weighted by molar-refractivity contribution is -0.115. The van der Waals surface area contributed by atoms with Crippen LogP contribution in [0.15, 0.2) is 66.9 Å². The molecule has 0 radical (unpaired) electrons. The van der Waals surface area contributed by atoms with Gasteiger partial charge in [0.15, 0.2) is 0 Å². The van der Waals surface area contributed by atoms with Gasteiger partial charge >= 0.3 is 0 Å². The Bertz CT molecular complexity index is 873. The Hall–Kier alpha value is -3.14. The number of aryl methyl sites for hydroxylation is 1. The molecule has 0 unspecified atom stereocenters. The van der Waals surface area contributed by atoms with E-state index in [-0.39, 0.29) is 12.3 Å². The van der Waals surface area contributed by atoms with Crippen LogP contribution in [-0.2, 0) is 11.2 Å². The summed E-state index contributed by atoms with van der Waals surface area (Å²) in [5.74, 6) is 0.651. The molecule has 2 aromatic carbocycles. The minimum Gasteiger partial charge on any atom is -0.496 e. The van der Waals surface area contributed by atoms with Crippen LogP contribution in [0.25, 0.3) is 11.1 Å². The second kappa shape index (κ2) is 7.62. The third-order valence-corrected chi connectivity index (χ3v) is 3.94. The molecule has 4 heteroatoms. The van der Waals surface area contributed by atoms with Crippen LogP contribution in [0.1, 0.15) is 11.3 Å². The topological polar surface area (TPSA) is 51.2 Å². The summed E-state index contributed by atoms with van der Waals surface area (Å²) in [5.41, 5.74) is 4.82. The number of carbonyl (C=O) groups excluding carboxylic acids is 1. The van der Waals surface area contributed by atoms with Crippen molar-refractivity contribution in [2.75, 3.05) is 12.4 Å². The van der Waals surface area contributed by atoms with Crippen molar-refractivity contribution in [2.24, 2.45) is 0 Å². The van der Waals surface area contributed by atoms with Gasteiger partial charge in [0.1, 0.15) is 5.75 Å². The molecule has 0 saturated heterocycles. The van der Waals surface area contributed by atoms with Crippen LogP contribution in [-0.4, -0.2) is 18.0 Å². The molecule has 0 fully saturated rings. The molecular weight excluding hydrogens is 312 g/mol. The van der Waals surface area contributed by atoms with E-state index in [0.29, 0.717) is 0 Å². The number of hydrogen-bond acceptors (Lipinski definition) is 3. The molecule has 25 heavy (non-hydrogen) atoms. The quantitative estimate of drug-likeness (QED) is 0.760. The predicted molar refractivity (Wildman–Crippen MR) is 99.7 cm³/mol. The molecule has 3 aromatic rings. The summed E-state index contributed by atoms with van der Waals surface area (Å²) in [6, 6.07) is 19.4. The molecule has 126 valence electrons. The number of anilines is 1. The highest BCUT2D eigenvalue weighted by Crippen LogP contribution is 2.22. The number of rotatable bonds is 5. The number of carbonyl (C=O) groups is 1. The predicted octanol–water partition coefficient (Wildman–Crippen LogP) is 4.25. The molecule has 0 saturated carbocycles. The highest BCUT2D eigenvalue weighted by molar-refractivity contribution is 5.92. The van der Waals surface area contributed by atoms with E-state index in [0.717, 1.165) is 33.8 Å². The van der Waals surface area contributed by atoms with E-state index < -0.39 is 0 Å². The number of methoxy groups -OCH3 is 1. The fraction of sp³-hybridized carbons (Fsp3) is 0.143. The molecule has 0 aliphatic heterocycles. The molecule has 1 N–H and O–H groups in total. The van der Waals surface area contributed by atoms with Gasteiger partial charge in [-0.25, -0.2) is 0 Å². The van der Waals surface area contributed by atoms with Crippen LogP contribution in [0, 0.1) is 6.92 Å². The van der Waals surface area contributed by atoms with Crippen LogP contribution >= 0.6 is 0 Å². The van der Waals surface area contributed by atoms with Crippen molar-refractivity contribution in [2.45, 2.75) is 13.3 Å². The van der Waals surface area contributed by atoms with Crippen molar-refractivity contribution in [1.29, 1.82) is 0 Å². The van der Waals surface area contributed by atoms with Crippen molar-refractivity contribution < 1.29 is 9.53 Å². The standard InChI is InChI=1S/C21H20N2O2/c1-15-13-17(11-12-22-15)16-7-9-19(10-8-16)23-21(24)14-18-5-3-4-6-20(18)25-2/h3-13H,14H2,1-2H3,(H,23,24). The maximum atomic E-state index is 12.3. The first-order chi connectivity index (χ1) is 12.2. The lowest BCUT2D eigenvalue weighted by atomic mass is 10.1. The molecule has 4 nitrogen and oxygen atoms in total. The second-order valence-electron chi connectivity index (χ2n) is 5.80. The highest BCUT2D eigenvalue weighted by Gasteiger charge is 2.08. The van der Waals surface area contributed by atoms with E-state index in [9.17, 15) is 4.79 Å². The largest absolute Gasteiger partial charge is 0.496 e. The average molecular weight is 332 g/mol. The molecule has 0 atom stereocenters. The monoisotopic (exact) mass is 332 g/mol. The van der Waals surface area contributed by atoms with Gasteiger partial charge in [0.2, 0.25) is 5.91 Å². The van der Waals surface area contributed by atoms with E-state index in [1.54, 1.807) is 13.3 Å². The second-order valence-corrected chi connectivity index (χ2v) is 5.80. The van der Waals surface area contributed by atoms with E-state index in [1.807, 2.05) is 67.6 Å². The minimum absolute atomic E-state index is 0.0722. The molecule has 0 aliphatic rings. The first-order valence-corrected chi connectivity index (χ1v) is 8.10. The summed E-state index contributed by atoms with van der Waals surface area (Å²) < 4.78 is 5.29. The molecule has 0 aliphatic carbocycles. The third-order valence-electron chi connectivity index (χ3n) is 3.94.